The minimum atomic E-state index is -3.41. The van der Waals surface area contributed by atoms with Crippen LogP contribution in [0.3, 0.4) is 0 Å². The monoisotopic (exact) mass is 1510 g/mol. The van der Waals surface area contributed by atoms with Crippen LogP contribution in [0.25, 0.3) is 0 Å². The molecule has 10 atom stereocenters. The van der Waals surface area contributed by atoms with Crippen LogP contribution in [0.4, 0.5) is 17.1 Å². The number of phenols is 1. The number of sulfone groups is 1. The van der Waals surface area contributed by atoms with Gasteiger partial charge in [-0.15, -0.1) is 0 Å². The van der Waals surface area contributed by atoms with E-state index in [0.29, 0.717) is 61.3 Å². The molecule has 0 aromatic heterocycles. The van der Waals surface area contributed by atoms with Gasteiger partial charge in [0, 0.05) is 95.4 Å². The number of allylic oxidation sites excluding steroid dienone is 7. The summed E-state index contributed by atoms with van der Waals surface area (Å²) in [6.07, 6.45) is 24.8. The van der Waals surface area contributed by atoms with Crippen LogP contribution in [0.5, 0.6) is 11.5 Å². The van der Waals surface area contributed by atoms with Crippen LogP contribution >= 0.6 is 0 Å². The number of ether oxygens (including phenoxy) is 7. The third-order valence-electron chi connectivity index (χ3n) is 22.3. The number of amides is 1. The van der Waals surface area contributed by atoms with Crippen molar-refractivity contribution in [3.05, 3.63) is 189 Å². The quantitative estimate of drug-likeness (QED) is 0.0191. The zero-order valence-corrected chi connectivity index (χ0v) is 66.4. The summed E-state index contributed by atoms with van der Waals surface area (Å²) >= 11 is 0. The van der Waals surface area contributed by atoms with Crippen molar-refractivity contribution in [3.8, 4) is 11.5 Å². The minimum absolute atomic E-state index is 0.0302. The molecule has 3 fully saturated rings. The average Bonchev–Trinajstić information content (AvgIpc) is 1.59. The summed E-state index contributed by atoms with van der Waals surface area (Å²) in [4.78, 5) is 15.9. The number of aromatic hydroxyl groups is 1. The Morgan fingerprint density at radius 3 is 2.08 bits per heavy atom. The summed E-state index contributed by atoms with van der Waals surface area (Å²) in [6.45, 7) is 22.5. The SMILES string of the molecule is CCCCN1/C(=C/C=C2\CCCC(/C=C/C3=[N+](CCCC)c4ccc(S(C)(=O)=O)cc4C3(C)C)=C2CCOc2cccc(C3OC(CCC)CC(CC(O)CCCC4CC(CCCC5CC(CC)OC(CNC(=O)c6ccc(N[SH](=O)=O)cc6)O5)OC(c5cccc(O)c5)O4)O3)c2)C(C)(C)c2cc(C)ccc21. The van der Waals surface area contributed by atoms with Crippen molar-refractivity contribution in [2.75, 3.05) is 42.1 Å². The van der Waals surface area contributed by atoms with Gasteiger partial charge in [-0.05, 0) is 206 Å². The minimum Gasteiger partial charge on any atom is -0.508 e. The Morgan fingerprint density at radius 2 is 1.38 bits per heavy atom. The second-order valence-electron chi connectivity index (χ2n) is 31.3. The first-order chi connectivity index (χ1) is 51.4. The molecule has 11 rings (SSSR count). The Kier molecular flexibility index (Phi) is 28.1. The lowest BCUT2D eigenvalue weighted by molar-refractivity contribution is -0.438. The molecule has 0 bridgehead atoms. The van der Waals surface area contributed by atoms with E-state index in [4.69, 9.17) is 33.2 Å². The summed E-state index contributed by atoms with van der Waals surface area (Å²) in [5.74, 6) is 0.544. The van der Waals surface area contributed by atoms with E-state index in [2.05, 4.69) is 124 Å². The highest BCUT2D eigenvalue weighted by Crippen LogP contribution is 2.49. The number of anilines is 2. The van der Waals surface area contributed by atoms with Crippen LogP contribution < -0.4 is 19.7 Å². The molecule has 4 N–H and O–H groups in total. The fourth-order valence-corrected chi connectivity index (χ4v) is 17.5. The summed E-state index contributed by atoms with van der Waals surface area (Å²) in [6, 6.07) is 33.9. The van der Waals surface area contributed by atoms with Crippen molar-refractivity contribution in [2.45, 2.75) is 274 Å². The van der Waals surface area contributed by atoms with Gasteiger partial charge in [-0.3, -0.25) is 9.52 Å². The van der Waals surface area contributed by atoms with E-state index in [1.807, 2.05) is 42.5 Å². The molecule has 0 radical (unpaired) electrons. The van der Waals surface area contributed by atoms with Crippen LogP contribution in [0.15, 0.2) is 161 Å². The number of fused-ring (bicyclic) bond motifs is 2. The first-order valence-electron chi connectivity index (χ1n) is 39.5. The van der Waals surface area contributed by atoms with E-state index in [9.17, 15) is 31.8 Å². The zero-order valence-electron chi connectivity index (χ0n) is 64.7. The predicted octanol–water partition coefficient (Wildman–Crippen LogP) is 17.4. The van der Waals surface area contributed by atoms with Crippen molar-refractivity contribution < 1.29 is 69.6 Å². The number of carbonyl (C=O) groups excluding carboxylic acids is 1. The number of aryl methyl sites for hydroxylation is 1. The number of nitrogens with one attached hydrogen (secondary N) is 2. The number of unbranched alkanes of at least 4 members (excludes halogenated alkanes) is 2. The molecule has 0 saturated carbocycles. The van der Waals surface area contributed by atoms with Gasteiger partial charge in [-0.1, -0.05) is 115 Å². The van der Waals surface area contributed by atoms with Crippen LogP contribution in [0.2, 0.25) is 0 Å². The smallest absolute Gasteiger partial charge is 0.251 e. The van der Waals surface area contributed by atoms with E-state index < -0.39 is 51.1 Å². The standard InChI is InChI=1S/C87H116N4O14S2/c1-11-15-46-90-78-41-33-58(5)49-76(78)86(6,7)80(90)43-36-59-23-17-24-60(37-44-81-87(8,9)77-56-74(107(10,97)98)40-42-79(77)91(81)47-16-12-2)75(59)45-48-99-68-29-19-26-63(51-68)85-102-69(22-13-3)55-73(105-85)52-66(93)28-20-30-71-54-72(104-84(103-71)62-25-18-27-65(92)50-62)32-21-31-70-53-67(14-4)100-82(101-70)57-88-83(94)61-34-38-64(39-35-61)89-106(95)96/h18-19,25-27,29,33-44,49-51,56,66-67,69-73,82,84-85,93,106H,11-17,20-24,28,30-32,45-48,52-55,57H2,1-10H3,(H2-,88,89,92,94,95,96)/p+1. The second-order valence-corrected chi connectivity index (χ2v) is 34.0. The molecule has 6 aliphatic rings. The highest BCUT2D eigenvalue weighted by molar-refractivity contribution is 7.90. The Labute approximate surface area is 638 Å². The molecule has 5 aliphatic heterocycles. The number of aliphatic hydroxyl groups excluding tert-OH is 1. The molecular weight excluding hydrogens is 1390 g/mol. The Bertz CT molecular complexity index is 4230. The van der Waals surface area contributed by atoms with E-state index in [-0.39, 0.29) is 60.2 Å². The van der Waals surface area contributed by atoms with Gasteiger partial charge in [0.2, 0.25) is 16.6 Å². The number of benzene rings is 5. The molecule has 5 aromatic rings. The van der Waals surface area contributed by atoms with Gasteiger partial charge in [0.05, 0.1) is 66.2 Å². The number of hydrogen-bond acceptors (Lipinski definition) is 15. The molecule has 5 heterocycles. The summed E-state index contributed by atoms with van der Waals surface area (Å²) < 4.78 is 99.0. The van der Waals surface area contributed by atoms with Crippen LogP contribution in [0.1, 0.15) is 241 Å². The molecule has 580 valence electrons. The van der Waals surface area contributed by atoms with Gasteiger partial charge < -0.3 is 53.6 Å². The lowest BCUT2D eigenvalue weighted by atomic mass is 9.80. The summed E-state index contributed by atoms with van der Waals surface area (Å²) in [5.41, 5.74) is 14.1. The van der Waals surface area contributed by atoms with Crippen molar-refractivity contribution >= 4 is 49.4 Å². The fourth-order valence-electron chi connectivity index (χ4n) is 16.5. The summed E-state index contributed by atoms with van der Waals surface area (Å²) in [7, 11) is -6.23. The molecule has 1 aliphatic carbocycles. The fraction of sp³-hybridized carbons (Fsp3) is 0.540. The molecule has 1 amide bonds. The predicted molar refractivity (Wildman–Crippen MR) is 423 cm³/mol. The Hall–Kier alpha value is -6.98. The zero-order chi connectivity index (χ0) is 76.0. The van der Waals surface area contributed by atoms with Gasteiger partial charge in [-0.25, -0.2) is 16.8 Å². The number of phenolic OH excluding ortho intramolecular Hbond substituents is 1. The van der Waals surface area contributed by atoms with Gasteiger partial charge in [0.25, 0.3) is 5.91 Å². The third kappa shape index (κ3) is 20.9. The highest BCUT2D eigenvalue weighted by Gasteiger charge is 2.46. The molecule has 5 aromatic carbocycles. The largest absolute Gasteiger partial charge is 0.508 e. The lowest BCUT2D eigenvalue weighted by Crippen LogP contribution is -2.44. The number of aliphatic hydroxyl groups is 1. The van der Waals surface area contributed by atoms with Crippen LogP contribution in [-0.2, 0) is 60.0 Å². The molecule has 3 saturated heterocycles. The van der Waals surface area contributed by atoms with E-state index in [1.165, 1.54) is 57.6 Å². The van der Waals surface area contributed by atoms with Gasteiger partial charge in [0.1, 0.15) is 18.0 Å². The number of thiol groups is 1. The van der Waals surface area contributed by atoms with Crippen molar-refractivity contribution in [3.63, 3.8) is 0 Å². The first kappa shape index (κ1) is 81.0. The molecular formula is C87H117N4O14S2+. The third-order valence-corrected chi connectivity index (χ3v) is 23.8. The number of nitrogens with zero attached hydrogens (tertiary/aromatic N) is 2. The maximum atomic E-state index is 13.0. The van der Waals surface area contributed by atoms with Gasteiger partial charge >= 0.3 is 0 Å². The highest BCUT2D eigenvalue weighted by atomic mass is 32.2. The molecule has 0 spiro atoms. The van der Waals surface area contributed by atoms with E-state index in [1.54, 1.807) is 36.4 Å². The first-order valence-corrected chi connectivity index (χ1v) is 42.6. The Morgan fingerprint density at radius 1 is 0.710 bits per heavy atom. The maximum Gasteiger partial charge on any atom is 0.251 e. The van der Waals surface area contributed by atoms with E-state index >= 15 is 0 Å². The van der Waals surface area contributed by atoms with Crippen LogP contribution in [-0.4, -0.2) is 125 Å². The van der Waals surface area contributed by atoms with Crippen molar-refractivity contribution in [1.29, 1.82) is 0 Å². The second kappa shape index (κ2) is 37.2. The number of hydrogen-bond donors (Lipinski definition) is 5. The lowest BCUT2D eigenvalue weighted by Gasteiger charge is -2.38. The average molecular weight is 1510 g/mol. The topological polar surface area (TPSA) is 221 Å². The Balaban J connectivity index is 0.739. The molecule has 107 heavy (non-hydrogen) atoms. The molecule has 10 unspecified atom stereocenters. The van der Waals surface area contributed by atoms with Crippen molar-refractivity contribution in [2.24, 2.45) is 0 Å². The van der Waals surface area contributed by atoms with Crippen molar-refractivity contribution in [1.82, 2.24) is 5.32 Å². The van der Waals surface area contributed by atoms with Gasteiger partial charge in [0.15, 0.2) is 34.4 Å². The maximum absolute atomic E-state index is 13.0. The molecule has 18 nitrogen and oxygen atoms in total. The van der Waals surface area contributed by atoms with E-state index in [0.717, 1.165) is 143 Å². The normalized spacial score (nSPS) is 24.7. The van der Waals surface area contributed by atoms with Gasteiger partial charge in [-0.2, -0.15) is 4.58 Å². The number of rotatable bonds is 34. The van der Waals surface area contributed by atoms with Crippen LogP contribution in [0, 0.1) is 6.92 Å². The number of carbonyl (C=O) groups is 1. The molecule has 20 heteroatoms. The summed E-state index contributed by atoms with van der Waals surface area (Å²) in [5, 5.41) is 25.2.